The van der Waals surface area contributed by atoms with E-state index in [0.29, 0.717) is 32.8 Å². The van der Waals surface area contributed by atoms with E-state index in [2.05, 4.69) is 0 Å². The second kappa shape index (κ2) is 9.67. The summed E-state index contributed by atoms with van der Waals surface area (Å²) < 4.78 is 22.3. The van der Waals surface area contributed by atoms with E-state index in [0.717, 1.165) is 28.4 Å². The van der Waals surface area contributed by atoms with Crippen LogP contribution in [-0.2, 0) is 26.3 Å². The molecule has 0 amide bonds. The molecule has 1 saturated heterocycles. The Morgan fingerprint density at radius 3 is 2.13 bits per heavy atom. The minimum atomic E-state index is -0.292. The maximum Gasteiger partial charge on any atom is 0.306 e. The highest BCUT2D eigenvalue weighted by atomic mass is 16.5. The van der Waals surface area contributed by atoms with E-state index in [9.17, 15) is 4.79 Å². The van der Waals surface area contributed by atoms with Crippen molar-refractivity contribution in [1.82, 2.24) is 0 Å². The Hall–Kier alpha value is -3.31. The average molecular weight is 418 g/mol. The largest absolute Gasteiger partial charge is 0.489 e. The van der Waals surface area contributed by atoms with E-state index < -0.39 is 0 Å². The van der Waals surface area contributed by atoms with Gasteiger partial charge in [-0.25, -0.2) is 0 Å². The van der Waals surface area contributed by atoms with Crippen molar-refractivity contribution in [3.63, 3.8) is 0 Å². The Morgan fingerprint density at radius 1 is 0.871 bits per heavy atom. The van der Waals surface area contributed by atoms with E-state index in [1.807, 2.05) is 85.8 Å². The predicted octanol–water partition coefficient (Wildman–Crippen LogP) is 5.28. The van der Waals surface area contributed by atoms with Crippen LogP contribution in [0.3, 0.4) is 0 Å². The number of hydrogen-bond donors (Lipinski definition) is 0. The molecular formula is C26H26O5. The fraction of sp³-hybridized carbons (Fsp3) is 0.269. The van der Waals surface area contributed by atoms with Crippen molar-refractivity contribution in [2.24, 2.45) is 0 Å². The Morgan fingerprint density at radius 2 is 1.52 bits per heavy atom. The van der Waals surface area contributed by atoms with Crippen LogP contribution in [0.2, 0.25) is 0 Å². The van der Waals surface area contributed by atoms with Crippen molar-refractivity contribution < 1.29 is 23.7 Å². The molecule has 5 heteroatoms. The van der Waals surface area contributed by atoms with Crippen molar-refractivity contribution in [2.45, 2.75) is 25.4 Å². The van der Waals surface area contributed by atoms with Gasteiger partial charge in [-0.05, 0) is 54.4 Å². The number of carbonyl (C=O) groups excluding carboxylic acids is 1. The first-order valence-corrected chi connectivity index (χ1v) is 10.5. The number of carbonyl (C=O) groups is 1. The summed E-state index contributed by atoms with van der Waals surface area (Å²) in [6, 6.07) is 25.4. The molecule has 0 aromatic heterocycles. The van der Waals surface area contributed by atoms with Gasteiger partial charge in [0.1, 0.15) is 23.9 Å². The van der Waals surface area contributed by atoms with Crippen molar-refractivity contribution in [3.05, 3.63) is 90.0 Å². The normalized spacial score (nSPS) is 14.4. The molecule has 0 saturated carbocycles. The summed E-state index contributed by atoms with van der Waals surface area (Å²) in [5.74, 6) is 2.18. The van der Waals surface area contributed by atoms with E-state index >= 15 is 0 Å². The monoisotopic (exact) mass is 418 g/mol. The quantitative estimate of drug-likeness (QED) is 0.443. The minimum Gasteiger partial charge on any atom is -0.489 e. The lowest BCUT2D eigenvalue weighted by Crippen LogP contribution is -2.48. The van der Waals surface area contributed by atoms with Gasteiger partial charge in [0.2, 0.25) is 0 Å². The van der Waals surface area contributed by atoms with Gasteiger partial charge in [0, 0.05) is 0 Å². The van der Waals surface area contributed by atoms with Crippen LogP contribution in [0.5, 0.6) is 17.2 Å². The molecule has 3 aromatic carbocycles. The summed E-state index contributed by atoms with van der Waals surface area (Å²) in [4.78, 5) is 12.0. The van der Waals surface area contributed by atoms with E-state index in [1.165, 1.54) is 0 Å². The SMILES string of the molecule is CCOC(=O)CC1(c2ccc(OCc3ccc(Oc4ccccc4)cc3)cc2)COC1. The maximum absolute atomic E-state index is 12.0. The van der Waals surface area contributed by atoms with Crippen LogP contribution in [-0.4, -0.2) is 25.8 Å². The van der Waals surface area contributed by atoms with Gasteiger partial charge in [0.25, 0.3) is 0 Å². The second-order valence-corrected chi connectivity index (χ2v) is 7.63. The molecule has 0 unspecified atom stereocenters. The lowest BCUT2D eigenvalue weighted by molar-refractivity contribution is -0.151. The van der Waals surface area contributed by atoms with Gasteiger partial charge in [-0.2, -0.15) is 0 Å². The van der Waals surface area contributed by atoms with Crippen molar-refractivity contribution in [3.8, 4) is 17.2 Å². The fourth-order valence-corrected chi connectivity index (χ4v) is 3.56. The highest BCUT2D eigenvalue weighted by molar-refractivity contribution is 5.72. The van der Waals surface area contributed by atoms with E-state index in [4.69, 9.17) is 18.9 Å². The van der Waals surface area contributed by atoms with Crippen molar-refractivity contribution >= 4 is 5.97 Å². The van der Waals surface area contributed by atoms with Gasteiger partial charge in [-0.1, -0.05) is 42.5 Å². The predicted molar refractivity (Wildman–Crippen MR) is 117 cm³/mol. The highest BCUT2D eigenvalue weighted by Crippen LogP contribution is 2.37. The smallest absolute Gasteiger partial charge is 0.306 e. The van der Waals surface area contributed by atoms with Gasteiger partial charge in [0.15, 0.2) is 0 Å². The summed E-state index contributed by atoms with van der Waals surface area (Å²) >= 11 is 0. The summed E-state index contributed by atoms with van der Waals surface area (Å²) in [7, 11) is 0. The summed E-state index contributed by atoms with van der Waals surface area (Å²) in [5, 5.41) is 0. The van der Waals surface area contributed by atoms with Gasteiger partial charge >= 0.3 is 5.97 Å². The number of esters is 1. The molecule has 1 heterocycles. The topological polar surface area (TPSA) is 54.0 Å². The molecule has 1 aliphatic rings. The Kier molecular flexibility index (Phi) is 6.53. The Labute approximate surface area is 182 Å². The fourth-order valence-electron chi connectivity index (χ4n) is 3.56. The molecule has 0 atom stereocenters. The molecule has 0 aliphatic carbocycles. The van der Waals surface area contributed by atoms with Crippen molar-refractivity contribution in [1.29, 1.82) is 0 Å². The zero-order chi connectivity index (χ0) is 21.5. The zero-order valence-electron chi connectivity index (χ0n) is 17.6. The summed E-state index contributed by atoms with van der Waals surface area (Å²) in [6.07, 6.45) is 0.332. The standard InChI is InChI=1S/C26H26O5/c1-2-29-25(27)16-26(18-28-19-26)21-10-14-22(15-11-21)30-17-20-8-12-24(13-9-20)31-23-6-4-3-5-7-23/h3-15H,2,16-19H2,1H3. The third-order valence-corrected chi connectivity index (χ3v) is 5.32. The molecular weight excluding hydrogens is 392 g/mol. The molecule has 1 fully saturated rings. The molecule has 1 aliphatic heterocycles. The van der Waals surface area contributed by atoms with Crippen LogP contribution >= 0.6 is 0 Å². The molecule has 0 radical (unpaired) electrons. The van der Waals surface area contributed by atoms with E-state index in [-0.39, 0.29) is 11.4 Å². The number of para-hydroxylation sites is 1. The zero-order valence-corrected chi connectivity index (χ0v) is 17.6. The molecule has 4 rings (SSSR count). The van der Waals surface area contributed by atoms with E-state index in [1.54, 1.807) is 0 Å². The third-order valence-electron chi connectivity index (χ3n) is 5.32. The van der Waals surface area contributed by atoms with Crippen LogP contribution in [0.4, 0.5) is 0 Å². The first-order chi connectivity index (χ1) is 15.2. The first kappa shape index (κ1) is 20.9. The van der Waals surface area contributed by atoms with Crippen molar-refractivity contribution in [2.75, 3.05) is 19.8 Å². The summed E-state index contributed by atoms with van der Waals surface area (Å²) in [5.41, 5.74) is 1.83. The molecule has 0 N–H and O–H groups in total. The summed E-state index contributed by atoms with van der Waals surface area (Å²) in [6.45, 7) is 3.73. The van der Waals surface area contributed by atoms with Crippen LogP contribution in [0.1, 0.15) is 24.5 Å². The average Bonchev–Trinajstić information content (AvgIpc) is 2.77. The third kappa shape index (κ3) is 5.25. The Balaban J connectivity index is 1.32. The van der Waals surface area contributed by atoms with Crippen LogP contribution < -0.4 is 9.47 Å². The van der Waals surface area contributed by atoms with Crippen LogP contribution in [0.15, 0.2) is 78.9 Å². The van der Waals surface area contributed by atoms with Crippen LogP contribution in [0, 0.1) is 0 Å². The first-order valence-electron chi connectivity index (χ1n) is 10.5. The molecule has 160 valence electrons. The lowest BCUT2D eigenvalue weighted by atomic mass is 9.76. The minimum absolute atomic E-state index is 0.189. The molecule has 5 nitrogen and oxygen atoms in total. The second-order valence-electron chi connectivity index (χ2n) is 7.63. The Bertz CT molecular complexity index is 977. The van der Waals surface area contributed by atoms with Gasteiger partial charge in [-0.3, -0.25) is 4.79 Å². The molecule has 0 bridgehead atoms. The van der Waals surface area contributed by atoms with Gasteiger partial charge in [-0.15, -0.1) is 0 Å². The van der Waals surface area contributed by atoms with Gasteiger partial charge in [0.05, 0.1) is 31.7 Å². The maximum atomic E-state index is 12.0. The van der Waals surface area contributed by atoms with Crippen LogP contribution in [0.25, 0.3) is 0 Å². The number of ether oxygens (including phenoxy) is 4. The number of rotatable bonds is 9. The number of benzene rings is 3. The molecule has 31 heavy (non-hydrogen) atoms. The molecule has 0 spiro atoms. The van der Waals surface area contributed by atoms with Gasteiger partial charge < -0.3 is 18.9 Å². The molecule has 3 aromatic rings. The number of hydrogen-bond acceptors (Lipinski definition) is 5. The lowest BCUT2D eigenvalue weighted by Gasteiger charge is -2.41. The highest BCUT2D eigenvalue weighted by Gasteiger charge is 2.42.